The monoisotopic (exact) mass is 667 g/mol. The van der Waals surface area contributed by atoms with Gasteiger partial charge in [-0.25, -0.2) is 14.0 Å². The van der Waals surface area contributed by atoms with Crippen LogP contribution >= 0.6 is 23.1 Å². The number of nitrogens with zero attached hydrogens (tertiary/aromatic N) is 3. The van der Waals surface area contributed by atoms with E-state index in [-0.39, 0.29) is 40.8 Å². The Labute approximate surface area is 273 Å². The summed E-state index contributed by atoms with van der Waals surface area (Å²) in [5.41, 5.74) is 1.71. The molecule has 4 rings (SSSR count). The van der Waals surface area contributed by atoms with Crippen molar-refractivity contribution in [2.45, 2.75) is 57.6 Å². The van der Waals surface area contributed by atoms with E-state index in [9.17, 15) is 23.6 Å². The Morgan fingerprint density at radius 2 is 1.72 bits per heavy atom. The zero-order valence-electron chi connectivity index (χ0n) is 25.8. The minimum atomic E-state index is -0.710. The van der Waals surface area contributed by atoms with Gasteiger partial charge < -0.3 is 24.7 Å². The van der Waals surface area contributed by atoms with Gasteiger partial charge in [0, 0.05) is 12.1 Å². The molecule has 4 aromatic rings. The van der Waals surface area contributed by atoms with E-state index in [4.69, 9.17) is 9.47 Å². The largest absolute Gasteiger partial charge is 0.462 e. The Morgan fingerprint density at radius 1 is 1.00 bits per heavy atom. The van der Waals surface area contributed by atoms with Crippen molar-refractivity contribution in [2.75, 3.05) is 18.5 Å². The fraction of sp³-hybridized carbons (Fsp3) is 0.312. The number of esters is 2. The highest BCUT2D eigenvalue weighted by Crippen LogP contribution is 2.35. The van der Waals surface area contributed by atoms with Crippen LogP contribution in [0.2, 0.25) is 0 Å². The van der Waals surface area contributed by atoms with Crippen LogP contribution in [0.25, 0.3) is 0 Å². The number of ether oxygens (including phenoxy) is 2. The number of carbonyl (C=O) groups excluding carboxylic acids is 4. The molecule has 2 aromatic heterocycles. The van der Waals surface area contributed by atoms with Gasteiger partial charge in [0.1, 0.15) is 15.7 Å². The summed E-state index contributed by atoms with van der Waals surface area (Å²) >= 11 is 2.10. The van der Waals surface area contributed by atoms with Gasteiger partial charge in [0.15, 0.2) is 11.0 Å². The Kier molecular flexibility index (Phi) is 12.0. The van der Waals surface area contributed by atoms with E-state index in [1.807, 2.05) is 34.9 Å². The number of carbonyl (C=O) groups is 4. The number of anilines is 1. The number of aromatic nitrogens is 3. The van der Waals surface area contributed by atoms with E-state index in [2.05, 4.69) is 20.8 Å². The molecule has 2 N–H and O–H groups in total. The standard InChI is InChI=1S/C32H34FN5O6S2/c1-5-43-30(41)25-19(3)26(31(42)44-6-2)46-29(25)35-27(39)20(4)45-32-37-36-24(38(32)16-15-21-11-8-7-9-12-21)18-34-28(40)22-13-10-14-23(33)17-22/h7-14,17,20H,5-6,15-16,18H2,1-4H3,(H,34,40)(H,35,39)/t20-/m0/s1. The summed E-state index contributed by atoms with van der Waals surface area (Å²) in [6.07, 6.45) is 0.631. The second-order valence-electron chi connectivity index (χ2n) is 9.93. The number of amides is 2. The van der Waals surface area contributed by atoms with Crippen LogP contribution in [0.5, 0.6) is 0 Å². The number of aryl methyl sites for hydroxylation is 1. The van der Waals surface area contributed by atoms with Gasteiger partial charge in [-0.3, -0.25) is 9.59 Å². The summed E-state index contributed by atoms with van der Waals surface area (Å²) in [6.45, 7) is 7.37. The van der Waals surface area contributed by atoms with E-state index >= 15 is 0 Å². The molecular weight excluding hydrogens is 634 g/mol. The molecule has 0 unspecified atom stereocenters. The zero-order chi connectivity index (χ0) is 33.2. The molecule has 0 fully saturated rings. The Bertz CT molecular complexity index is 1710. The molecule has 0 aliphatic carbocycles. The third kappa shape index (κ3) is 8.57. The topological polar surface area (TPSA) is 142 Å². The van der Waals surface area contributed by atoms with Gasteiger partial charge in [-0.1, -0.05) is 48.2 Å². The number of benzene rings is 2. The van der Waals surface area contributed by atoms with Gasteiger partial charge >= 0.3 is 11.9 Å². The molecule has 0 saturated heterocycles. The molecule has 14 heteroatoms. The highest BCUT2D eigenvalue weighted by molar-refractivity contribution is 8.00. The maximum atomic E-state index is 13.6. The number of nitrogens with one attached hydrogen (secondary N) is 2. The predicted octanol–water partition coefficient (Wildman–Crippen LogP) is 5.43. The van der Waals surface area contributed by atoms with Gasteiger partial charge in [-0.05, 0) is 63.4 Å². The van der Waals surface area contributed by atoms with Crippen molar-refractivity contribution in [3.05, 3.63) is 93.4 Å². The molecule has 0 aliphatic heterocycles. The molecule has 2 heterocycles. The smallest absolute Gasteiger partial charge is 0.348 e. The second-order valence-corrected chi connectivity index (χ2v) is 12.3. The Hall–Kier alpha value is -4.56. The summed E-state index contributed by atoms with van der Waals surface area (Å²) < 4.78 is 25.8. The van der Waals surface area contributed by atoms with Crippen molar-refractivity contribution in [3.8, 4) is 0 Å². The van der Waals surface area contributed by atoms with Crippen molar-refractivity contribution >= 4 is 51.9 Å². The van der Waals surface area contributed by atoms with Crippen molar-refractivity contribution in [3.63, 3.8) is 0 Å². The number of hydrogen-bond acceptors (Lipinski definition) is 10. The average Bonchev–Trinajstić information content (AvgIpc) is 3.58. The predicted molar refractivity (Wildman–Crippen MR) is 173 cm³/mol. The Balaban J connectivity index is 1.54. The summed E-state index contributed by atoms with van der Waals surface area (Å²) in [5, 5.41) is 14.0. The van der Waals surface area contributed by atoms with Crippen LogP contribution in [0.1, 0.15) is 68.1 Å². The van der Waals surface area contributed by atoms with Crippen molar-refractivity contribution in [2.24, 2.45) is 0 Å². The van der Waals surface area contributed by atoms with Crippen molar-refractivity contribution < 1.29 is 33.0 Å². The number of thioether (sulfide) groups is 1. The molecular formula is C32H34FN5O6S2. The molecule has 11 nitrogen and oxygen atoms in total. The molecule has 2 amide bonds. The van der Waals surface area contributed by atoms with E-state index in [0.29, 0.717) is 29.5 Å². The average molecular weight is 668 g/mol. The first-order valence-electron chi connectivity index (χ1n) is 14.6. The molecule has 2 aromatic carbocycles. The first-order valence-corrected chi connectivity index (χ1v) is 16.3. The third-order valence-electron chi connectivity index (χ3n) is 6.73. The van der Waals surface area contributed by atoms with E-state index in [0.717, 1.165) is 34.7 Å². The number of thiophene rings is 1. The molecule has 0 aliphatic rings. The number of halogens is 1. The van der Waals surface area contributed by atoms with Crippen LogP contribution in [-0.4, -0.2) is 57.0 Å². The molecule has 242 valence electrons. The van der Waals surface area contributed by atoms with E-state index in [1.165, 1.54) is 18.2 Å². The third-order valence-corrected chi connectivity index (χ3v) is 9.00. The number of hydrogen-bond donors (Lipinski definition) is 2. The van der Waals surface area contributed by atoms with Gasteiger partial charge in [0.2, 0.25) is 5.91 Å². The van der Waals surface area contributed by atoms with Crippen LogP contribution in [0.3, 0.4) is 0 Å². The highest BCUT2D eigenvalue weighted by Gasteiger charge is 2.29. The van der Waals surface area contributed by atoms with Gasteiger partial charge in [-0.2, -0.15) is 0 Å². The first-order chi connectivity index (χ1) is 22.1. The first kappa shape index (κ1) is 34.3. The fourth-order valence-electron chi connectivity index (χ4n) is 4.41. The maximum Gasteiger partial charge on any atom is 0.348 e. The summed E-state index contributed by atoms with van der Waals surface area (Å²) in [6, 6.07) is 15.2. The van der Waals surface area contributed by atoms with Gasteiger partial charge in [-0.15, -0.1) is 21.5 Å². The second kappa shape index (κ2) is 16.1. The lowest BCUT2D eigenvalue weighted by atomic mass is 10.1. The van der Waals surface area contributed by atoms with Gasteiger partial charge in [0.25, 0.3) is 5.91 Å². The summed E-state index contributed by atoms with van der Waals surface area (Å²) in [4.78, 5) is 51.6. The molecule has 0 spiro atoms. The normalized spacial score (nSPS) is 11.5. The van der Waals surface area contributed by atoms with Crippen molar-refractivity contribution in [1.82, 2.24) is 20.1 Å². The molecule has 0 radical (unpaired) electrons. The molecule has 0 bridgehead atoms. The molecule has 1 atom stereocenters. The van der Waals surface area contributed by atoms with Crippen molar-refractivity contribution in [1.29, 1.82) is 0 Å². The minimum Gasteiger partial charge on any atom is -0.462 e. The Morgan fingerprint density at radius 3 is 2.41 bits per heavy atom. The molecule has 0 saturated carbocycles. The van der Waals surface area contributed by atoms with Crippen LogP contribution < -0.4 is 10.6 Å². The quantitative estimate of drug-likeness (QED) is 0.133. The fourth-order valence-corrected chi connectivity index (χ4v) is 6.39. The van der Waals surface area contributed by atoms with Crippen LogP contribution in [0.15, 0.2) is 59.8 Å². The maximum absolute atomic E-state index is 13.6. The lowest BCUT2D eigenvalue weighted by Gasteiger charge is -2.14. The van der Waals surface area contributed by atoms with E-state index < -0.39 is 34.8 Å². The summed E-state index contributed by atoms with van der Waals surface area (Å²) in [5.74, 6) is -2.23. The lowest BCUT2D eigenvalue weighted by molar-refractivity contribution is -0.115. The van der Waals surface area contributed by atoms with Crippen LogP contribution in [0, 0.1) is 12.7 Å². The minimum absolute atomic E-state index is 0.0201. The number of rotatable bonds is 14. The lowest BCUT2D eigenvalue weighted by Crippen LogP contribution is -2.26. The summed E-state index contributed by atoms with van der Waals surface area (Å²) in [7, 11) is 0. The van der Waals surface area contributed by atoms with Crippen LogP contribution in [0.4, 0.5) is 9.39 Å². The zero-order valence-corrected chi connectivity index (χ0v) is 27.4. The van der Waals surface area contributed by atoms with Gasteiger partial charge in [0.05, 0.1) is 30.6 Å². The van der Waals surface area contributed by atoms with E-state index in [1.54, 1.807) is 27.7 Å². The van der Waals surface area contributed by atoms with Crippen LogP contribution in [-0.2, 0) is 33.8 Å². The molecule has 46 heavy (non-hydrogen) atoms. The SMILES string of the molecule is CCOC(=O)c1sc(NC(=O)[C@H](C)Sc2nnc(CNC(=O)c3cccc(F)c3)n2CCc2ccccc2)c(C(=O)OCC)c1C. The highest BCUT2D eigenvalue weighted by atomic mass is 32.2.